The first-order valence-electron chi connectivity index (χ1n) is 12.5. The smallest absolute Gasteiger partial charge is 0.190 e. The number of likely N-dealkylation sites (tertiary alicyclic amines) is 1. The molecule has 7 nitrogen and oxygen atoms in total. The summed E-state index contributed by atoms with van der Waals surface area (Å²) in [5, 5.41) is 15.3. The van der Waals surface area contributed by atoms with Gasteiger partial charge in [-0.1, -0.05) is 42.3 Å². The van der Waals surface area contributed by atoms with Crippen LogP contribution in [0.15, 0.2) is 30.5 Å². The molecule has 37 heavy (non-hydrogen) atoms. The summed E-state index contributed by atoms with van der Waals surface area (Å²) in [5.41, 5.74) is 4.22. The molecule has 1 aliphatic carbocycles. The van der Waals surface area contributed by atoms with Gasteiger partial charge in [0.15, 0.2) is 11.3 Å². The molecule has 0 bridgehead atoms. The number of hydrogen-bond donors (Lipinski definition) is 0. The Labute approximate surface area is 233 Å². The molecule has 2 aromatic heterocycles. The normalized spacial score (nSPS) is 22.9. The fourth-order valence-corrected chi connectivity index (χ4v) is 6.35. The van der Waals surface area contributed by atoms with Gasteiger partial charge in [-0.25, -0.2) is 14.6 Å². The zero-order chi connectivity index (χ0) is 25.4. The van der Waals surface area contributed by atoms with Crippen LogP contribution < -0.4 is 0 Å². The molecule has 0 saturated carbocycles. The van der Waals surface area contributed by atoms with Gasteiger partial charge in [-0.2, -0.15) is 10.4 Å². The van der Waals surface area contributed by atoms with Crippen molar-refractivity contribution in [2.75, 3.05) is 20.3 Å². The Morgan fingerprint density at radius 1 is 1.30 bits per heavy atom. The van der Waals surface area contributed by atoms with Crippen LogP contribution in [-0.4, -0.2) is 57.0 Å². The fraction of sp³-hybridized carbons (Fsp3) is 0.481. The van der Waals surface area contributed by atoms with Gasteiger partial charge in [-0.15, -0.1) is 12.4 Å². The monoisotopic (exact) mass is 560 g/mol. The Morgan fingerprint density at radius 3 is 2.81 bits per heavy atom. The van der Waals surface area contributed by atoms with Crippen molar-refractivity contribution < 1.29 is 4.74 Å². The number of rotatable bonds is 6. The number of methoxy groups -OCH3 is 1. The van der Waals surface area contributed by atoms with Crippen molar-refractivity contribution in [1.29, 1.82) is 5.26 Å². The van der Waals surface area contributed by atoms with Crippen molar-refractivity contribution in [3.8, 4) is 6.07 Å². The van der Waals surface area contributed by atoms with Gasteiger partial charge in [0.05, 0.1) is 24.5 Å². The van der Waals surface area contributed by atoms with E-state index in [-0.39, 0.29) is 24.1 Å². The SMILES string of the molecule is COCC1CCCN1C1CC=C(c2cnc3c(C#N)nn([C@H](C)c4ccc(Cl)cc4Cl)c3n2)CC1C.Cl. The van der Waals surface area contributed by atoms with Crippen LogP contribution in [0.3, 0.4) is 0 Å². The standard InChI is InChI=1S/C27H30Cl2N6O.ClH/c1-16-11-18(6-9-25(16)34-10-4-5-20(34)15-36-3)24-14-31-26-23(13-30)33-35(27(26)32-24)17(2)21-8-7-19(28)12-22(21)29;/h6-8,12,14,16-17,20,25H,4-5,9-11,15H2,1-3H3;1H/t16?,17-,20?,25?;/m1./s1. The van der Waals surface area contributed by atoms with E-state index < -0.39 is 0 Å². The van der Waals surface area contributed by atoms with Gasteiger partial charge >= 0.3 is 0 Å². The highest BCUT2D eigenvalue weighted by Crippen LogP contribution is 2.37. The van der Waals surface area contributed by atoms with Crippen molar-refractivity contribution in [2.45, 2.75) is 57.7 Å². The maximum absolute atomic E-state index is 9.68. The predicted octanol–water partition coefficient (Wildman–Crippen LogP) is 6.33. The third-order valence-electron chi connectivity index (χ3n) is 7.63. The highest BCUT2D eigenvalue weighted by molar-refractivity contribution is 6.35. The molecular formula is C27H31Cl3N6O. The molecular weight excluding hydrogens is 531 g/mol. The van der Waals surface area contributed by atoms with Crippen LogP contribution in [0.5, 0.6) is 0 Å². The minimum atomic E-state index is -0.250. The minimum absolute atomic E-state index is 0. The van der Waals surface area contributed by atoms with Gasteiger partial charge in [0.2, 0.25) is 0 Å². The lowest BCUT2D eigenvalue weighted by atomic mass is 9.83. The number of ether oxygens (including phenoxy) is 1. The highest BCUT2D eigenvalue weighted by atomic mass is 35.5. The largest absolute Gasteiger partial charge is 0.383 e. The van der Waals surface area contributed by atoms with Crippen molar-refractivity contribution in [2.24, 2.45) is 5.92 Å². The van der Waals surface area contributed by atoms with E-state index in [1.54, 1.807) is 30.1 Å². The average Bonchev–Trinajstić information content (AvgIpc) is 3.48. The number of nitriles is 1. The van der Waals surface area contributed by atoms with E-state index in [4.69, 9.17) is 32.9 Å². The molecule has 3 unspecified atom stereocenters. The molecule has 3 heterocycles. The molecule has 10 heteroatoms. The van der Waals surface area contributed by atoms with Crippen molar-refractivity contribution >= 4 is 52.3 Å². The van der Waals surface area contributed by atoms with E-state index in [1.807, 2.05) is 13.0 Å². The number of hydrogen-bond acceptors (Lipinski definition) is 6. The molecule has 0 amide bonds. The van der Waals surface area contributed by atoms with Gasteiger partial charge in [-0.05, 0) is 68.3 Å². The number of fused-ring (bicyclic) bond motifs is 1. The Morgan fingerprint density at radius 2 is 2.11 bits per heavy atom. The summed E-state index contributed by atoms with van der Waals surface area (Å²) in [6.45, 7) is 6.24. The average molecular weight is 562 g/mol. The second-order valence-electron chi connectivity index (χ2n) is 9.88. The Hall–Kier alpha value is -2.21. The molecule has 5 rings (SSSR count). The first-order chi connectivity index (χ1) is 17.4. The van der Waals surface area contributed by atoms with Crippen molar-refractivity contribution in [3.63, 3.8) is 0 Å². The van der Waals surface area contributed by atoms with E-state index >= 15 is 0 Å². The third-order valence-corrected chi connectivity index (χ3v) is 8.19. The lowest BCUT2D eigenvalue weighted by Crippen LogP contribution is -2.45. The maximum Gasteiger partial charge on any atom is 0.190 e. The summed E-state index contributed by atoms with van der Waals surface area (Å²) in [4.78, 5) is 12.2. The van der Waals surface area contributed by atoms with Crippen molar-refractivity contribution in [3.05, 3.63) is 57.5 Å². The van der Waals surface area contributed by atoms with E-state index in [0.717, 1.165) is 37.3 Å². The quantitative estimate of drug-likeness (QED) is 0.350. The third kappa shape index (κ3) is 5.36. The summed E-state index contributed by atoms with van der Waals surface area (Å²) in [5.74, 6) is 0.492. The molecule has 1 aromatic carbocycles. The van der Waals surface area contributed by atoms with Crippen LogP contribution in [-0.2, 0) is 4.74 Å². The van der Waals surface area contributed by atoms with Gasteiger partial charge < -0.3 is 4.74 Å². The zero-order valence-corrected chi connectivity index (χ0v) is 23.5. The summed E-state index contributed by atoms with van der Waals surface area (Å²) < 4.78 is 7.22. The lowest BCUT2D eigenvalue weighted by molar-refractivity contribution is 0.0696. The molecule has 3 aromatic rings. The zero-order valence-electron chi connectivity index (χ0n) is 21.2. The van der Waals surface area contributed by atoms with Crippen LogP contribution in [0.25, 0.3) is 16.7 Å². The van der Waals surface area contributed by atoms with Crippen LogP contribution in [0.4, 0.5) is 0 Å². The molecule has 0 spiro atoms. The molecule has 4 atom stereocenters. The second kappa shape index (κ2) is 11.7. The fourth-order valence-electron chi connectivity index (χ4n) is 5.78. The lowest BCUT2D eigenvalue weighted by Gasteiger charge is -2.39. The van der Waals surface area contributed by atoms with Gasteiger partial charge in [0, 0.05) is 29.2 Å². The summed E-state index contributed by atoms with van der Waals surface area (Å²) >= 11 is 12.6. The van der Waals surface area contributed by atoms with Crippen LogP contribution in [0.2, 0.25) is 10.0 Å². The van der Waals surface area contributed by atoms with Crippen LogP contribution in [0.1, 0.15) is 62.5 Å². The predicted molar refractivity (Wildman–Crippen MR) is 149 cm³/mol. The Kier molecular flexibility index (Phi) is 8.77. The highest BCUT2D eigenvalue weighted by Gasteiger charge is 2.35. The second-order valence-corrected chi connectivity index (χ2v) is 10.7. The van der Waals surface area contributed by atoms with Gasteiger partial charge in [0.25, 0.3) is 0 Å². The maximum atomic E-state index is 9.68. The molecule has 2 aliphatic rings. The molecule has 0 radical (unpaired) electrons. The Balaban J connectivity index is 0.00000320. The van der Waals surface area contributed by atoms with E-state index in [0.29, 0.717) is 39.2 Å². The number of nitrogens with zero attached hydrogens (tertiary/aromatic N) is 6. The first kappa shape index (κ1) is 27.8. The van der Waals surface area contributed by atoms with E-state index in [2.05, 4.69) is 34.1 Å². The number of aromatic nitrogens is 4. The molecule has 1 fully saturated rings. The number of halogens is 3. The Bertz CT molecular complexity index is 1350. The van der Waals surface area contributed by atoms with E-state index in [9.17, 15) is 5.26 Å². The first-order valence-corrected chi connectivity index (χ1v) is 13.2. The van der Waals surface area contributed by atoms with Crippen molar-refractivity contribution in [1.82, 2.24) is 24.6 Å². The summed E-state index contributed by atoms with van der Waals surface area (Å²) in [7, 11) is 1.79. The molecule has 1 aliphatic heterocycles. The molecule has 1 saturated heterocycles. The van der Waals surface area contributed by atoms with Crippen LogP contribution >= 0.6 is 35.6 Å². The van der Waals surface area contributed by atoms with Gasteiger partial charge in [0.1, 0.15) is 11.6 Å². The topological polar surface area (TPSA) is 79.9 Å². The van der Waals surface area contributed by atoms with Crippen LogP contribution in [0, 0.1) is 17.2 Å². The summed E-state index contributed by atoms with van der Waals surface area (Å²) in [6.07, 6.45) is 8.44. The minimum Gasteiger partial charge on any atom is -0.383 e. The number of allylic oxidation sites excluding steroid dienone is 1. The van der Waals surface area contributed by atoms with E-state index in [1.165, 1.54) is 18.4 Å². The molecule has 0 N–H and O–H groups in total. The van der Waals surface area contributed by atoms with Gasteiger partial charge in [-0.3, -0.25) is 4.90 Å². The summed E-state index contributed by atoms with van der Waals surface area (Å²) in [6, 6.07) is 8.32. The molecule has 196 valence electrons. The number of benzene rings is 1.